The lowest BCUT2D eigenvalue weighted by atomic mass is 10.00. The molecule has 4 rings (SSSR count). The number of hydrogen-bond donors (Lipinski definition) is 0. The van der Waals surface area contributed by atoms with Gasteiger partial charge in [0.15, 0.2) is 0 Å². The fraction of sp³-hybridized carbons (Fsp3) is 0.333. The summed E-state index contributed by atoms with van der Waals surface area (Å²) in [4.78, 5) is 28.5. The molecule has 0 aliphatic carbocycles. The average Bonchev–Trinajstić information content (AvgIpc) is 3.05. The first-order valence-corrected chi connectivity index (χ1v) is 9.09. The molecule has 2 aromatic rings. The molecule has 1 saturated heterocycles. The number of carbonyl (C=O) groups is 2. The molecule has 4 nitrogen and oxygen atoms in total. The Kier molecular flexibility index (Phi) is 4.45. The van der Waals surface area contributed by atoms with E-state index in [9.17, 15) is 14.0 Å². The third-order valence-electron chi connectivity index (χ3n) is 5.12. The summed E-state index contributed by atoms with van der Waals surface area (Å²) in [6.45, 7) is 1.95. The van der Waals surface area contributed by atoms with E-state index >= 15 is 0 Å². The van der Waals surface area contributed by atoms with E-state index < -0.39 is 0 Å². The summed E-state index contributed by atoms with van der Waals surface area (Å²) in [5, 5.41) is 0. The van der Waals surface area contributed by atoms with E-state index in [1.165, 1.54) is 12.1 Å². The highest BCUT2D eigenvalue weighted by Gasteiger charge is 2.25. The molecule has 5 heteroatoms. The van der Waals surface area contributed by atoms with Gasteiger partial charge < -0.3 is 9.80 Å². The summed E-state index contributed by atoms with van der Waals surface area (Å²) in [5.74, 6) is -0.170. The Morgan fingerprint density at radius 3 is 2.69 bits per heavy atom. The predicted octanol–water partition coefficient (Wildman–Crippen LogP) is 3.54. The summed E-state index contributed by atoms with van der Waals surface area (Å²) in [5.41, 5.74) is 3.24. The van der Waals surface area contributed by atoms with E-state index in [0.29, 0.717) is 25.1 Å². The second kappa shape index (κ2) is 6.90. The third kappa shape index (κ3) is 3.21. The highest BCUT2D eigenvalue weighted by molar-refractivity contribution is 6.06. The minimum absolute atomic E-state index is 0.0767. The van der Waals surface area contributed by atoms with Crippen LogP contribution in [-0.4, -0.2) is 29.8 Å². The van der Waals surface area contributed by atoms with Crippen LogP contribution < -0.4 is 4.90 Å². The van der Waals surface area contributed by atoms with Crippen molar-refractivity contribution in [1.82, 2.24) is 4.90 Å². The van der Waals surface area contributed by atoms with Crippen molar-refractivity contribution in [3.8, 4) is 0 Å². The molecule has 0 saturated carbocycles. The molecule has 0 atom stereocenters. The van der Waals surface area contributed by atoms with Crippen molar-refractivity contribution >= 4 is 17.5 Å². The van der Waals surface area contributed by atoms with Gasteiger partial charge in [0.25, 0.3) is 5.91 Å². The van der Waals surface area contributed by atoms with Crippen molar-refractivity contribution in [1.29, 1.82) is 0 Å². The fourth-order valence-electron chi connectivity index (χ4n) is 3.83. The Bertz CT molecular complexity index is 865. The Labute approximate surface area is 152 Å². The fourth-order valence-corrected chi connectivity index (χ4v) is 3.83. The number of fused-ring (bicyclic) bond motifs is 1. The highest BCUT2D eigenvalue weighted by Crippen LogP contribution is 2.29. The number of nitrogens with zero attached hydrogens (tertiary/aromatic N) is 2. The lowest BCUT2D eigenvalue weighted by molar-refractivity contribution is -0.128. The number of rotatable bonds is 3. The van der Waals surface area contributed by atoms with Gasteiger partial charge in [0.05, 0.1) is 0 Å². The van der Waals surface area contributed by atoms with Crippen LogP contribution in [0, 0.1) is 5.82 Å². The summed E-state index contributed by atoms with van der Waals surface area (Å²) < 4.78 is 13.5. The monoisotopic (exact) mass is 352 g/mol. The molecule has 0 bridgehead atoms. The molecule has 0 aromatic heterocycles. The molecule has 26 heavy (non-hydrogen) atoms. The van der Waals surface area contributed by atoms with Gasteiger partial charge in [-0.2, -0.15) is 0 Å². The van der Waals surface area contributed by atoms with Crippen LogP contribution in [0.15, 0.2) is 42.5 Å². The smallest absolute Gasteiger partial charge is 0.258 e. The summed E-state index contributed by atoms with van der Waals surface area (Å²) >= 11 is 0. The number of halogens is 1. The zero-order chi connectivity index (χ0) is 18.1. The molecular weight excluding hydrogens is 331 g/mol. The van der Waals surface area contributed by atoms with Gasteiger partial charge in [-0.3, -0.25) is 9.59 Å². The molecule has 1 fully saturated rings. The normalized spacial score (nSPS) is 16.7. The van der Waals surface area contributed by atoms with Crippen LogP contribution in [0.5, 0.6) is 0 Å². The summed E-state index contributed by atoms with van der Waals surface area (Å²) in [6.07, 6.45) is 3.12. The van der Waals surface area contributed by atoms with Crippen LogP contribution in [0.3, 0.4) is 0 Å². The van der Waals surface area contributed by atoms with Crippen molar-refractivity contribution in [2.45, 2.75) is 32.2 Å². The van der Waals surface area contributed by atoms with Crippen LogP contribution in [0.25, 0.3) is 0 Å². The number of carbonyl (C=O) groups excluding carboxylic acids is 2. The van der Waals surface area contributed by atoms with Crippen molar-refractivity contribution in [3.63, 3.8) is 0 Å². The van der Waals surface area contributed by atoms with Crippen molar-refractivity contribution in [2.75, 3.05) is 18.0 Å². The van der Waals surface area contributed by atoms with E-state index in [1.54, 1.807) is 17.0 Å². The molecule has 0 spiro atoms. The zero-order valence-electron chi connectivity index (χ0n) is 14.6. The lowest BCUT2D eigenvalue weighted by Gasteiger charge is -2.29. The van der Waals surface area contributed by atoms with Gasteiger partial charge in [-0.1, -0.05) is 12.1 Å². The van der Waals surface area contributed by atoms with Gasteiger partial charge in [-0.25, -0.2) is 4.39 Å². The standard InChI is InChI=1S/C21H21FN2O2/c22-18-8-9-19-16(13-18)6-2-11-24(19)21(26)17-5-1-4-15(12-17)14-23-10-3-7-20(23)25/h1,4-5,8-9,12-13H,2-3,6-7,10-11,14H2. The van der Waals surface area contributed by atoms with Gasteiger partial charge >= 0.3 is 0 Å². The largest absolute Gasteiger partial charge is 0.338 e. The second-order valence-electron chi connectivity index (χ2n) is 6.95. The highest BCUT2D eigenvalue weighted by atomic mass is 19.1. The van der Waals surface area contributed by atoms with Gasteiger partial charge in [-0.15, -0.1) is 0 Å². The molecule has 0 unspecified atom stereocenters. The molecule has 2 amide bonds. The van der Waals surface area contributed by atoms with E-state index in [-0.39, 0.29) is 17.6 Å². The first-order valence-electron chi connectivity index (χ1n) is 9.09. The maximum absolute atomic E-state index is 13.5. The molecule has 134 valence electrons. The summed E-state index contributed by atoms with van der Waals surface area (Å²) in [6, 6.07) is 12.1. The Morgan fingerprint density at radius 1 is 1.04 bits per heavy atom. The van der Waals surface area contributed by atoms with Crippen molar-refractivity contribution in [2.24, 2.45) is 0 Å². The number of hydrogen-bond acceptors (Lipinski definition) is 2. The van der Waals surface area contributed by atoms with Gasteiger partial charge in [-0.05, 0) is 60.7 Å². The molecule has 0 radical (unpaired) electrons. The van der Waals surface area contributed by atoms with E-state index in [1.807, 2.05) is 23.1 Å². The van der Waals surface area contributed by atoms with Crippen molar-refractivity contribution in [3.05, 3.63) is 65.0 Å². The van der Waals surface area contributed by atoms with Crippen LogP contribution in [0.2, 0.25) is 0 Å². The van der Waals surface area contributed by atoms with E-state index in [0.717, 1.165) is 42.6 Å². The number of anilines is 1. The maximum Gasteiger partial charge on any atom is 0.258 e. The van der Waals surface area contributed by atoms with Gasteiger partial charge in [0.2, 0.25) is 5.91 Å². The van der Waals surface area contributed by atoms with E-state index in [2.05, 4.69) is 0 Å². The molecule has 2 heterocycles. The SMILES string of the molecule is O=C1CCCN1Cc1cccc(C(=O)N2CCCc3cc(F)ccc32)c1. The topological polar surface area (TPSA) is 40.6 Å². The van der Waals surface area contributed by atoms with Gasteiger partial charge in [0.1, 0.15) is 5.82 Å². The van der Waals surface area contributed by atoms with Crippen LogP contribution in [-0.2, 0) is 17.8 Å². The molecule has 2 aromatic carbocycles. The average molecular weight is 352 g/mol. The van der Waals surface area contributed by atoms with Crippen LogP contribution >= 0.6 is 0 Å². The first-order chi connectivity index (χ1) is 12.6. The lowest BCUT2D eigenvalue weighted by Crippen LogP contribution is -2.35. The van der Waals surface area contributed by atoms with Crippen LogP contribution in [0.1, 0.15) is 40.7 Å². The Morgan fingerprint density at radius 2 is 1.88 bits per heavy atom. The van der Waals surface area contributed by atoms with E-state index in [4.69, 9.17) is 0 Å². The minimum atomic E-state index is -0.268. The minimum Gasteiger partial charge on any atom is -0.338 e. The van der Waals surface area contributed by atoms with Crippen molar-refractivity contribution < 1.29 is 14.0 Å². The quantitative estimate of drug-likeness (QED) is 0.848. The number of likely N-dealkylation sites (tertiary alicyclic amines) is 1. The molecule has 2 aliphatic heterocycles. The third-order valence-corrected chi connectivity index (χ3v) is 5.12. The zero-order valence-corrected chi connectivity index (χ0v) is 14.6. The predicted molar refractivity (Wildman–Crippen MR) is 97.5 cm³/mol. The molecule has 2 aliphatic rings. The number of benzene rings is 2. The molecule has 0 N–H and O–H groups in total. The number of amides is 2. The van der Waals surface area contributed by atoms with Gasteiger partial charge in [0, 0.05) is 37.3 Å². The molecular formula is C21H21FN2O2. The maximum atomic E-state index is 13.5. The first kappa shape index (κ1) is 16.8. The number of aryl methyl sites for hydroxylation is 1. The Balaban J connectivity index is 1.57. The van der Waals surface area contributed by atoms with Crippen LogP contribution in [0.4, 0.5) is 10.1 Å². The Hall–Kier alpha value is -2.69. The second-order valence-corrected chi connectivity index (χ2v) is 6.95. The summed E-state index contributed by atoms with van der Waals surface area (Å²) in [7, 11) is 0.